The van der Waals surface area contributed by atoms with Crippen LogP contribution in [0.2, 0.25) is 0 Å². The molecule has 2 aromatic carbocycles. The van der Waals surface area contributed by atoms with E-state index in [1.165, 1.54) is 38.1 Å². The number of aromatic nitrogens is 2. The number of alkyl halides is 1. The fraction of sp³-hybridized carbons (Fsp3) is 0.0870. The number of rotatable bonds is 10. The fourth-order valence-corrected chi connectivity index (χ4v) is 7.42. The molecule has 15 heteroatoms. The van der Waals surface area contributed by atoms with E-state index in [4.69, 9.17) is 23.6 Å². The Labute approximate surface area is 366 Å². The molecule has 0 saturated heterocycles. The highest BCUT2D eigenvalue weighted by Gasteiger charge is 2.18. The van der Waals surface area contributed by atoms with Crippen molar-refractivity contribution in [3.05, 3.63) is 177 Å². The fourth-order valence-electron chi connectivity index (χ4n) is 5.67. The van der Waals surface area contributed by atoms with Crippen molar-refractivity contribution in [3.8, 4) is 61.4 Å². The van der Waals surface area contributed by atoms with Gasteiger partial charge in [0, 0.05) is 27.6 Å². The van der Waals surface area contributed by atoms with Crippen molar-refractivity contribution in [2.24, 2.45) is 0 Å². The van der Waals surface area contributed by atoms with Gasteiger partial charge < -0.3 is 28.0 Å². The number of carbonyl (C=O) groups is 2. The molecule has 12 nitrogen and oxygen atoms in total. The lowest BCUT2D eigenvalue weighted by atomic mass is 10.0. The second kappa shape index (κ2) is 21.1. The van der Waals surface area contributed by atoms with Gasteiger partial charge in [0.15, 0.2) is 0 Å². The van der Waals surface area contributed by atoms with Crippen LogP contribution in [0.3, 0.4) is 0 Å². The van der Waals surface area contributed by atoms with E-state index in [1.807, 2.05) is 59.3 Å². The first-order valence-electron chi connectivity index (χ1n) is 18.1. The number of nitrogens with zero attached hydrogens (tertiary/aromatic N) is 3. The van der Waals surface area contributed by atoms with E-state index < -0.39 is 5.97 Å². The lowest BCUT2D eigenvalue weighted by Crippen LogP contribution is -2.12. The molecule has 0 spiro atoms. The lowest BCUT2D eigenvalue weighted by molar-refractivity contribution is 0.0592. The monoisotopic (exact) mass is 912 g/mol. The van der Waals surface area contributed by atoms with Crippen LogP contribution >= 0.6 is 38.6 Å². The molecule has 0 fully saturated rings. The maximum Gasteiger partial charge on any atom is 0.337 e. The van der Waals surface area contributed by atoms with Gasteiger partial charge in [-0.1, -0.05) is 52.3 Å². The first kappa shape index (κ1) is 43.3. The average molecular weight is 914 g/mol. The number of hydrogen-bond acceptors (Lipinski definition) is 13. The Kier molecular flexibility index (Phi) is 15.0. The third-order valence-electron chi connectivity index (χ3n) is 8.75. The van der Waals surface area contributed by atoms with Crippen LogP contribution in [-0.2, 0) is 21.4 Å². The van der Waals surface area contributed by atoms with Crippen molar-refractivity contribution in [1.82, 2.24) is 9.97 Å². The van der Waals surface area contributed by atoms with E-state index in [2.05, 4.69) is 36.7 Å². The Bertz CT molecular complexity index is 2820. The molecule has 6 heterocycles. The molecule has 0 saturated carbocycles. The Morgan fingerprint density at radius 2 is 1.28 bits per heavy atom. The Hall–Kier alpha value is -7.30. The number of methoxy groups -OCH3 is 2. The predicted molar refractivity (Wildman–Crippen MR) is 235 cm³/mol. The van der Waals surface area contributed by atoms with Crippen LogP contribution in [0.1, 0.15) is 43.0 Å². The third-order valence-corrected chi connectivity index (χ3v) is 11.2. The molecule has 0 aliphatic carbocycles. The number of nitrogens with one attached hydrogen (secondary N) is 1. The summed E-state index contributed by atoms with van der Waals surface area (Å²) in [6.07, 6.45) is 6.19. The molecule has 0 unspecified atom stereocenters. The van der Waals surface area contributed by atoms with Gasteiger partial charge in [-0.15, -0.1) is 22.7 Å². The highest BCUT2D eigenvalue weighted by molar-refractivity contribution is 9.08. The van der Waals surface area contributed by atoms with Crippen LogP contribution in [0.5, 0.6) is 5.88 Å². The van der Waals surface area contributed by atoms with Crippen molar-refractivity contribution in [1.29, 1.82) is 10.5 Å². The van der Waals surface area contributed by atoms with Gasteiger partial charge in [-0.2, -0.15) is 10.5 Å². The summed E-state index contributed by atoms with van der Waals surface area (Å²) in [5, 5.41) is 23.6. The van der Waals surface area contributed by atoms with E-state index in [0.717, 1.165) is 43.0 Å². The molecule has 304 valence electrons. The van der Waals surface area contributed by atoms with Crippen LogP contribution < -0.4 is 10.3 Å². The second-order valence-electron chi connectivity index (χ2n) is 12.5. The van der Waals surface area contributed by atoms with Crippen LogP contribution in [0.15, 0.2) is 147 Å². The number of hydrogen-bond donors (Lipinski definition) is 1. The normalized spacial score (nSPS) is 10.2. The van der Waals surface area contributed by atoms with Gasteiger partial charge in [-0.25, -0.2) is 14.6 Å². The molecular formula is C46H33BrN4O8S2. The summed E-state index contributed by atoms with van der Waals surface area (Å²) < 4.78 is 25.4. The largest absolute Gasteiger partial charge is 0.472 e. The SMILES string of the molecule is COC(=O)c1ccc(CBr)cc1.COC(=O)c1ccc(COc2nc(-c3cccs3)cc(-c3ccoc3)c2C#N)cc1.N#Cc1c(-c2ccoc2)cc(-c2cccs2)[nH]c1=O. The molecule has 0 bridgehead atoms. The molecule has 0 radical (unpaired) electrons. The highest BCUT2D eigenvalue weighted by Crippen LogP contribution is 2.35. The standard InChI is InChI=1S/C23H16N2O4S.C14H8N2O2S.C9H9BrO2/c1-27-23(26)16-6-4-15(5-7-16)13-29-22-19(12-24)18(17-8-9-28-14-17)11-20(25-22)21-3-2-10-30-21;15-7-11-10(9-3-4-18-8-9)6-12(16-14(11)17)13-2-1-5-19-13;1-12-9(11)8-4-2-7(6-10)3-5-8/h2-11,14H,13H2,1H3;1-6,8H,(H,16,17);2-5H,6H2,1H3. The minimum atomic E-state index is -0.399. The summed E-state index contributed by atoms with van der Waals surface area (Å²) in [5.74, 6) is -0.447. The number of ether oxygens (including phenoxy) is 3. The summed E-state index contributed by atoms with van der Waals surface area (Å²) in [6.45, 7) is 0.196. The molecule has 8 aromatic rings. The first-order chi connectivity index (χ1) is 29.8. The van der Waals surface area contributed by atoms with Crippen LogP contribution in [0.25, 0.3) is 43.4 Å². The minimum Gasteiger partial charge on any atom is -0.472 e. The van der Waals surface area contributed by atoms with Gasteiger partial charge >= 0.3 is 11.9 Å². The van der Waals surface area contributed by atoms with E-state index in [-0.39, 0.29) is 29.6 Å². The van der Waals surface area contributed by atoms with Gasteiger partial charge in [0.1, 0.15) is 29.9 Å². The number of aromatic amines is 1. The van der Waals surface area contributed by atoms with Crippen LogP contribution in [0.4, 0.5) is 0 Å². The molecule has 8 rings (SSSR count). The number of carbonyl (C=O) groups excluding carboxylic acids is 2. The molecule has 1 N–H and O–H groups in total. The van der Waals surface area contributed by atoms with Gasteiger partial charge in [0.05, 0.1) is 71.5 Å². The first-order valence-corrected chi connectivity index (χ1v) is 20.9. The summed E-state index contributed by atoms with van der Waals surface area (Å²) in [6, 6.07) is 33.3. The number of esters is 2. The van der Waals surface area contributed by atoms with Gasteiger partial charge in [-0.3, -0.25) is 4.79 Å². The number of benzene rings is 2. The molecule has 0 atom stereocenters. The zero-order valence-electron chi connectivity index (χ0n) is 32.4. The molecular weight excluding hydrogens is 881 g/mol. The number of nitriles is 2. The molecule has 0 aliphatic heterocycles. The maximum atomic E-state index is 12.0. The zero-order valence-corrected chi connectivity index (χ0v) is 35.6. The number of H-pyrrole nitrogens is 1. The Morgan fingerprint density at radius 1 is 0.738 bits per heavy atom. The Morgan fingerprint density at radius 3 is 1.75 bits per heavy atom. The highest BCUT2D eigenvalue weighted by atomic mass is 79.9. The Balaban J connectivity index is 0.000000171. The number of pyridine rings is 2. The predicted octanol–water partition coefficient (Wildman–Crippen LogP) is 10.9. The lowest BCUT2D eigenvalue weighted by Gasteiger charge is -2.12. The van der Waals surface area contributed by atoms with E-state index in [0.29, 0.717) is 33.5 Å². The average Bonchev–Trinajstić information content (AvgIpc) is 4.17. The van der Waals surface area contributed by atoms with Gasteiger partial charge in [0.25, 0.3) is 5.56 Å². The smallest absolute Gasteiger partial charge is 0.337 e. The maximum absolute atomic E-state index is 12.0. The number of halogens is 1. The van der Waals surface area contributed by atoms with Gasteiger partial charge in [-0.05, 0) is 82.6 Å². The van der Waals surface area contributed by atoms with E-state index >= 15 is 0 Å². The summed E-state index contributed by atoms with van der Waals surface area (Å²) in [5.41, 5.74) is 7.27. The number of furan rings is 2. The molecule has 0 amide bonds. The van der Waals surface area contributed by atoms with Crippen molar-refractivity contribution in [2.75, 3.05) is 14.2 Å². The summed E-state index contributed by atoms with van der Waals surface area (Å²) in [7, 11) is 2.72. The minimum absolute atomic E-state index is 0.0988. The summed E-state index contributed by atoms with van der Waals surface area (Å²) in [4.78, 5) is 43.8. The van der Waals surface area contributed by atoms with Crippen molar-refractivity contribution >= 4 is 50.5 Å². The molecule has 6 aromatic heterocycles. The second-order valence-corrected chi connectivity index (χ2v) is 15.0. The number of thiophene rings is 2. The van der Waals surface area contributed by atoms with Crippen molar-refractivity contribution < 1.29 is 32.6 Å². The van der Waals surface area contributed by atoms with Crippen LogP contribution in [-0.4, -0.2) is 36.1 Å². The van der Waals surface area contributed by atoms with Crippen molar-refractivity contribution in [3.63, 3.8) is 0 Å². The van der Waals surface area contributed by atoms with Gasteiger partial charge in [0.2, 0.25) is 5.88 Å². The van der Waals surface area contributed by atoms with E-state index in [9.17, 15) is 19.6 Å². The molecule has 0 aliphatic rings. The zero-order chi connectivity index (χ0) is 43.1. The summed E-state index contributed by atoms with van der Waals surface area (Å²) >= 11 is 6.40. The third kappa shape index (κ3) is 10.9. The van der Waals surface area contributed by atoms with E-state index in [1.54, 1.807) is 78.5 Å². The van der Waals surface area contributed by atoms with Crippen molar-refractivity contribution in [2.45, 2.75) is 11.9 Å². The molecule has 61 heavy (non-hydrogen) atoms. The van der Waals surface area contributed by atoms with Crippen LogP contribution in [0, 0.1) is 22.7 Å². The topological polar surface area (TPSA) is 181 Å². The quantitative estimate of drug-likeness (QED) is 0.102.